The predicted molar refractivity (Wildman–Crippen MR) is 52.2 cm³/mol. The van der Waals surface area contributed by atoms with E-state index in [2.05, 4.69) is 0 Å². The van der Waals surface area contributed by atoms with Gasteiger partial charge in [0, 0.05) is 0 Å². The number of halogens is 3. The molecule has 0 heterocycles. The number of nitrogens with zero attached hydrogens (tertiary/aromatic N) is 1. The number of hydrogen-bond donors (Lipinski definition) is 1. The second kappa shape index (κ2) is 4.45. The van der Waals surface area contributed by atoms with Gasteiger partial charge in [-0.15, -0.1) is 0 Å². The maximum absolute atomic E-state index is 12.5. The number of benzene rings is 1. The lowest BCUT2D eigenvalue weighted by Crippen LogP contribution is -2.10. The minimum atomic E-state index is -4.54. The molecule has 1 N–H and O–H groups in total. The summed E-state index contributed by atoms with van der Waals surface area (Å²) in [5, 5.41) is 17.3. The van der Waals surface area contributed by atoms with Crippen LogP contribution in [0.4, 0.5) is 13.2 Å². The fourth-order valence-corrected chi connectivity index (χ4v) is 1.49. The van der Waals surface area contributed by atoms with Gasteiger partial charge in [-0.1, -0.05) is 6.07 Å². The van der Waals surface area contributed by atoms with Gasteiger partial charge in [-0.05, 0) is 24.1 Å². The summed E-state index contributed by atoms with van der Waals surface area (Å²) >= 11 is 0. The first-order chi connectivity index (χ1) is 7.75. The van der Waals surface area contributed by atoms with E-state index in [0.29, 0.717) is 6.07 Å². The average molecular weight is 243 g/mol. The van der Waals surface area contributed by atoms with Crippen LogP contribution in [0.25, 0.3) is 0 Å². The molecule has 1 rings (SSSR count). The molecule has 0 amide bonds. The molecule has 3 nitrogen and oxygen atoms in total. The molecule has 0 atom stereocenters. The molecule has 0 aliphatic rings. The number of carboxylic acids is 1. The summed E-state index contributed by atoms with van der Waals surface area (Å²) in [6.07, 6.45) is -5.01. The van der Waals surface area contributed by atoms with Crippen LogP contribution in [0.2, 0.25) is 0 Å². The Morgan fingerprint density at radius 1 is 1.47 bits per heavy atom. The highest BCUT2D eigenvalue weighted by molar-refractivity contribution is 5.71. The van der Waals surface area contributed by atoms with Gasteiger partial charge in [0.2, 0.25) is 0 Å². The SMILES string of the molecule is Cc1cc(CC(=O)O)c(C#N)cc1C(F)(F)F. The van der Waals surface area contributed by atoms with Crippen LogP contribution >= 0.6 is 0 Å². The predicted octanol–water partition coefficient (Wildman–Crippen LogP) is 2.51. The summed E-state index contributed by atoms with van der Waals surface area (Å²) in [6, 6.07) is 3.36. The third-order valence-corrected chi connectivity index (χ3v) is 2.22. The Labute approximate surface area is 95.1 Å². The van der Waals surface area contributed by atoms with Crippen LogP contribution in [0.1, 0.15) is 22.3 Å². The smallest absolute Gasteiger partial charge is 0.416 e. The minimum absolute atomic E-state index is 0.0884. The van der Waals surface area contributed by atoms with Crippen molar-refractivity contribution in [3.63, 3.8) is 0 Å². The van der Waals surface area contributed by atoms with Crippen molar-refractivity contribution in [3.8, 4) is 6.07 Å². The average Bonchev–Trinajstić information content (AvgIpc) is 2.14. The molecular formula is C11H8F3NO2. The number of hydrogen-bond acceptors (Lipinski definition) is 2. The molecule has 90 valence electrons. The van der Waals surface area contributed by atoms with Gasteiger partial charge in [-0.2, -0.15) is 18.4 Å². The van der Waals surface area contributed by atoms with Crippen LogP contribution in [0.5, 0.6) is 0 Å². The topological polar surface area (TPSA) is 61.1 Å². The van der Waals surface area contributed by atoms with Crippen LogP contribution in [-0.2, 0) is 17.4 Å². The minimum Gasteiger partial charge on any atom is -0.481 e. The summed E-state index contributed by atoms with van der Waals surface area (Å²) in [5.74, 6) is -1.19. The van der Waals surface area contributed by atoms with E-state index < -0.39 is 24.1 Å². The van der Waals surface area contributed by atoms with Crippen molar-refractivity contribution >= 4 is 5.97 Å². The fourth-order valence-electron chi connectivity index (χ4n) is 1.49. The maximum Gasteiger partial charge on any atom is 0.416 e. The third-order valence-electron chi connectivity index (χ3n) is 2.22. The highest BCUT2D eigenvalue weighted by Gasteiger charge is 2.33. The third kappa shape index (κ3) is 2.97. The van der Waals surface area contributed by atoms with Gasteiger partial charge < -0.3 is 5.11 Å². The van der Waals surface area contributed by atoms with Crippen molar-refractivity contribution in [1.29, 1.82) is 5.26 Å². The summed E-state index contributed by atoms with van der Waals surface area (Å²) in [5.41, 5.74) is -1.17. The second-order valence-corrected chi connectivity index (χ2v) is 3.50. The molecule has 6 heteroatoms. The molecule has 0 fully saturated rings. The number of aliphatic carboxylic acids is 1. The Morgan fingerprint density at radius 3 is 2.47 bits per heavy atom. The molecule has 0 aliphatic heterocycles. The van der Waals surface area contributed by atoms with Crippen LogP contribution in [0.15, 0.2) is 12.1 Å². The zero-order valence-corrected chi connectivity index (χ0v) is 8.80. The molecule has 0 unspecified atom stereocenters. The van der Waals surface area contributed by atoms with Crippen LogP contribution in [0, 0.1) is 18.3 Å². The Bertz CT molecular complexity index is 501. The summed E-state index contributed by atoms with van der Waals surface area (Å²) in [7, 11) is 0. The maximum atomic E-state index is 12.5. The normalized spacial score (nSPS) is 11.0. The molecular weight excluding hydrogens is 235 g/mol. The zero-order valence-electron chi connectivity index (χ0n) is 8.80. The van der Waals surface area contributed by atoms with Crippen molar-refractivity contribution in [3.05, 3.63) is 34.4 Å². The van der Waals surface area contributed by atoms with E-state index >= 15 is 0 Å². The van der Waals surface area contributed by atoms with Crippen molar-refractivity contribution < 1.29 is 23.1 Å². The summed E-state index contributed by atoms with van der Waals surface area (Å²) in [6.45, 7) is 1.23. The zero-order chi connectivity index (χ0) is 13.2. The van der Waals surface area contributed by atoms with Crippen molar-refractivity contribution in [2.24, 2.45) is 0 Å². The van der Waals surface area contributed by atoms with Gasteiger partial charge in [0.05, 0.1) is 23.6 Å². The first-order valence-electron chi connectivity index (χ1n) is 4.58. The number of aryl methyl sites for hydroxylation is 1. The van der Waals surface area contributed by atoms with E-state index in [1.807, 2.05) is 0 Å². The Kier molecular flexibility index (Phi) is 3.42. The molecule has 17 heavy (non-hydrogen) atoms. The van der Waals surface area contributed by atoms with E-state index in [1.54, 1.807) is 6.07 Å². The fraction of sp³-hybridized carbons (Fsp3) is 0.273. The highest BCUT2D eigenvalue weighted by Crippen LogP contribution is 2.33. The van der Waals surface area contributed by atoms with Gasteiger partial charge in [0.1, 0.15) is 0 Å². The number of rotatable bonds is 2. The lowest BCUT2D eigenvalue weighted by atomic mass is 9.97. The summed E-state index contributed by atoms with van der Waals surface area (Å²) in [4.78, 5) is 10.5. The Morgan fingerprint density at radius 2 is 2.06 bits per heavy atom. The molecule has 0 saturated heterocycles. The Balaban J connectivity index is 3.36. The van der Waals surface area contributed by atoms with Gasteiger partial charge in [-0.3, -0.25) is 4.79 Å². The summed E-state index contributed by atoms with van der Waals surface area (Å²) < 4.78 is 37.6. The van der Waals surface area contributed by atoms with Crippen LogP contribution in [0.3, 0.4) is 0 Å². The number of carboxylic acid groups (broad SMARTS) is 1. The van der Waals surface area contributed by atoms with Gasteiger partial charge in [-0.25, -0.2) is 0 Å². The van der Waals surface area contributed by atoms with Crippen molar-refractivity contribution in [2.45, 2.75) is 19.5 Å². The first-order valence-corrected chi connectivity index (χ1v) is 4.58. The molecule has 1 aromatic carbocycles. The quantitative estimate of drug-likeness (QED) is 0.868. The monoisotopic (exact) mass is 243 g/mol. The molecule has 0 bridgehead atoms. The number of alkyl halides is 3. The van der Waals surface area contributed by atoms with E-state index in [1.165, 1.54) is 6.92 Å². The molecule has 0 saturated carbocycles. The lowest BCUT2D eigenvalue weighted by Gasteiger charge is -2.12. The van der Waals surface area contributed by atoms with E-state index in [-0.39, 0.29) is 16.7 Å². The van der Waals surface area contributed by atoms with E-state index in [0.717, 1.165) is 6.07 Å². The van der Waals surface area contributed by atoms with Gasteiger partial charge in [0.15, 0.2) is 0 Å². The first kappa shape index (κ1) is 13.0. The second-order valence-electron chi connectivity index (χ2n) is 3.50. The van der Waals surface area contributed by atoms with Crippen LogP contribution < -0.4 is 0 Å². The highest BCUT2D eigenvalue weighted by atomic mass is 19.4. The van der Waals surface area contributed by atoms with Crippen molar-refractivity contribution in [2.75, 3.05) is 0 Å². The Hall–Kier alpha value is -2.03. The molecule has 0 aliphatic carbocycles. The van der Waals surface area contributed by atoms with Crippen LogP contribution in [-0.4, -0.2) is 11.1 Å². The lowest BCUT2D eigenvalue weighted by molar-refractivity contribution is -0.138. The molecule has 0 radical (unpaired) electrons. The van der Waals surface area contributed by atoms with E-state index in [9.17, 15) is 18.0 Å². The number of nitriles is 1. The molecule has 1 aromatic rings. The van der Waals surface area contributed by atoms with Gasteiger partial charge in [0.25, 0.3) is 0 Å². The number of carbonyl (C=O) groups is 1. The van der Waals surface area contributed by atoms with Crippen molar-refractivity contribution in [1.82, 2.24) is 0 Å². The largest absolute Gasteiger partial charge is 0.481 e. The van der Waals surface area contributed by atoms with E-state index in [4.69, 9.17) is 10.4 Å². The van der Waals surface area contributed by atoms with Gasteiger partial charge >= 0.3 is 12.1 Å². The molecule has 0 spiro atoms. The molecule has 0 aromatic heterocycles. The standard InChI is InChI=1S/C11H8F3NO2/c1-6-2-7(4-10(16)17)8(5-15)3-9(6)11(12,13)14/h2-3H,4H2,1H3,(H,16,17).